The van der Waals surface area contributed by atoms with E-state index >= 15 is 0 Å². The van der Waals surface area contributed by atoms with Crippen LogP contribution in [0.5, 0.6) is 0 Å². The van der Waals surface area contributed by atoms with Crippen LogP contribution < -0.4 is 4.72 Å². The van der Waals surface area contributed by atoms with E-state index in [0.717, 1.165) is 0 Å². The third kappa shape index (κ3) is 3.70. The number of sulfonamides is 1. The van der Waals surface area contributed by atoms with Crippen molar-refractivity contribution >= 4 is 10.0 Å². The summed E-state index contributed by atoms with van der Waals surface area (Å²) in [7, 11) is -3.40. The Hall–Kier alpha value is -1.38. The van der Waals surface area contributed by atoms with Gasteiger partial charge in [0.1, 0.15) is 0 Å². The molecule has 0 amide bonds. The Balaban J connectivity index is 2.58. The average molecular weight is 224 g/mol. The van der Waals surface area contributed by atoms with Crippen LogP contribution in [0.25, 0.3) is 0 Å². The maximum Gasteiger partial charge on any atom is 0.240 e. The van der Waals surface area contributed by atoms with E-state index in [2.05, 4.69) is 4.72 Å². The fraction of sp³-hybridized carbons (Fsp3) is 0.300. The molecule has 0 aliphatic carbocycles. The molecule has 4 nitrogen and oxygen atoms in total. The van der Waals surface area contributed by atoms with Crippen molar-refractivity contribution < 1.29 is 8.42 Å². The van der Waals surface area contributed by atoms with Crippen molar-refractivity contribution in [1.29, 1.82) is 5.26 Å². The second-order valence-electron chi connectivity index (χ2n) is 2.97. The number of rotatable bonds is 5. The first-order valence-electron chi connectivity index (χ1n) is 4.58. The fourth-order valence-electron chi connectivity index (χ4n) is 1.06. The Labute approximate surface area is 89.6 Å². The van der Waals surface area contributed by atoms with Crippen LogP contribution in [0.1, 0.15) is 12.8 Å². The summed E-state index contributed by atoms with van der Waals surface area (Å²) in [5.74, 6) is 0. The summed E-state index contributed by atoms with van der Waals surface area (Å²) >= 11 is 0. The highest BCUT2D eigenvalue weighted by Crippen LogP contribution is 2.06. The zero-order chi connectivity index (χ0) is 11.1. The molecule has 0 saturated carbocycles. The molecule has 1 rings (SSSR count). The molecule has 0 aliphatic heterocycles. The van der Waals surface area contributed by atoms with Gasteiger partial charge < -0.3 is 0 Å². The monoisotopic (exact) mass is 224 g/mol. The van der Waals surface area contributed by atoms with Crippen molar-refractivity contribution in [3.8, 4) is 6.07 Å². The Kier molecular flexibility index (Phi) is 4.28. The second-order valence-corrected chi connectivity index (χ2v) is 4.74. The van der Waals surface area contributed by atoms with Crippen molar-refractivity contribution in [3.05, 3.63) is 30.3 Å². The zero-order valence-corrected chi connectivity index (χ0v) is 9.00. The fourth-order valence-corrected chi connectivity index (χ4v) is 2.15. The Morgan fingerprint density at radius 3 is 2.53 bits per heavy atom. The average Bonchev–Trinajstić information content (AvgIpc) is 2.26. The molecule has 0 unspecified atom stereocenters. The van der Waals surface area contributed by atoms with Crippen LogP contribution in [0, 0.1) is 11.3 Å². The van der Waals surface area contributed by atoms with Crippen molar-refractivity contribution in [2.75, 3.05) is 6.54 Å². The van der Waals surface area contributed by atoms with E-state index in [9.17, 15) is 8.42 Å². The molecular weight excluding hydrogens is 212 g/mol. The molecule has 80 valence electrons. The highest BCUT2D eigenvalue weighted by molar-refractivity contribution is 7.89. The summed E-state index contributed by atoms with van der Waals surface area (Å²) in [4.78, 5) is 0.252. The molecule has 0 heterocycles. The number of hydrogen-bond donors (Lipinski definition) is 1. The first kappa shape index (κ1) is 11.7. The summed E-state index contributed by atoms with van der Waals surface area (Å²) in [6.07, 6.45) is 0.889. The van der Waals surface area contributed by atoms with E-state index in [1.807, 2.05) is 6.07 Å². The largest absolute Gasteiger partial charge is 0.240 e. The summed E-state index contributed by atoms with van der Waals surface area (Å²) in [6, 6.07) is 10.1. The second kappa shape index (κ2) is 5.49. The highest BCUT2D eigenvalue weighted by Gasteiger charge is 2.11. The summed E-state index contributed by atoms with van der Waals surface area (Å²) < 4.78 is 25.6. The quantitative estimate of drug-likeness (QED) is 0.766. The molecule has 0 atom stereocenters. The van der Waals surface area contributed by atoms with E-state index in [4.69, 9.17) is 5.26 Å². The molecule has 1 N–H and O–H groups in total. The molecule has 0 aromatic heterocycles. The summed E-state index contributed by atoms with van der Waals surface area (Å²) in [5.41, 5.74) is 0. The molecule has 0 fully saturated rings. The van der Waals surface area contributed by atoms with Crippen molar-refractivity contribution in [2.45, 2.75) is 17.7 Å². The third-order valence-corrected chi connectivity index (χ3v) is 3.29. The molecule has 0 spiro atoms. The predicted molar refractivity (Wildman–Crippen MR) is 56.5 cm³/mol. The van der Waals surface area contributed by atoms with Crippen LogP contribution in [0.4, 0.5) is 0 Å². The molecule has 0 radical (unpaired) electrons. The maximum absolute atomic E-state index is 11.6. The van der Waals surface area contributed by atoms with Crippen LogP contribution in [0.2, 0.25) is 0 Å². The lowest BCUT2D eigenvalue weighted by atomic mass is 10.3. The van der Waals surface area contributed by atoms with Crippen LogP contribution in [-0.4, -0.2) is 15.0 Å². The van der Waals surface area contributed by atoms with Gasteiger partial charge in [0.25, 0.3) is 0 Å². The number of hydrogen-bond acceptors (Lipinski definition) is 3. The topological polar surface area (TPSA) is 70.0 Å². The zero-order valence-electron chi connectivity index (χ0n) is 8.18. The van der Waals surface area contributed by atoms with Crippen LogP contribution >= 0.6 is 0 Å². The Bertz CT molecular complexity index is 434. The molecule has 5 heteroatoms. The molecule has 0 aliphatic rings. The number of nitrogens with zero attached hydrogens (tertiary/aromatic N) is 1. The third-order valence-electron chi connectivity index (χ3n) is 1.81. The normalized spacial score (nSPS) is 10.9. The van der Waals surface area contributed by atoms with E-state index in [-0.39, 0.29) is 4.90 Å². The minimum atomic E-state index is -3.40. The number of nitriles is 1. The van der Waals surface area contributed by atoms with Gasteiger partial charge in [0.2, 0.25) is 10.0 Å². The standard InChI is InChI=1S/C10H12N2O2S/c11-8-4-5-9-12-15(13,14)10-6-2-1-3-7-10/h1-3,6-7,12H,4-5,9H2. The maximum atomic E-state index is 11.6. The smallest absolute Gasteiger partial charge is 0.211 e. The van der Waals surface area contributed by atoms with Crippen LogP contribution in [0.15, 0.2) is 35.2 Å². The van der Waals surface area contributed by atoms with Gasteiger partial charge in [-0.25, -0.2) is 13.1 Å². The predicted octanol–water partition coefficient (Wildman–Crippen LogP) is 1.27. The van der Waals surface area contributed by atoms with Gasteiger partial charge in [-0.15, -0.1) is 0 Å². The van der Waals surface area contributed by atoms with Gasteiger partial charge in [-0.05, 0) is 18.6 Å². The van der Waals surface area contributed by atoms with E-state index in [1.54, 1.807) is 18.2 Å². The lowest BCUT2D eigenvalue weighted by molar-refractivity contribution is 0.579. The van der Waals surface area contributed by atoms with Gasteiger partial charge in [0.15, 0.2) is 0 Å². The molecule has 15 heavy (non-hydrogen) atoms. The lowest BCUT2D eigenvalue weighted by Crippen LogP contribution is -2.24. The van der Waals surface area contributed by atoms with Crippen molar-refractivity contribution in [3.63, 3.8) is 0 Å². The van der Waals surface area contributed by atoms with Crippen LogP contribution in [0.3, 0.4) is 0 Å². The summed E-state index contributed by atoms with van der Waals surface area (Å²) in [6.45, 7) is 0.296. The molecule has 1 aromatic rings. The molecular formula is C10H12N2O2S. The van der Waals surface area contributed by atoms with Gasteiger partial charge in [-0.3, -0.25) is 0 Å². The van der Waals surface area contributed by atoms with Gasteiger partial charge in [0, 0.05) is 13.0 Å². The van der Waals surface area contributed by atoms with Crippen LogP contribution in [-0.2, 0) is 10.0 Å². The Morgan fingerprint density at radius 1 is 1.27 bits per heavy atom. The number of benzene rings is 1. The minimum absolute atomic E-state index is 0.252. The lowest BCUT2D eigenvalue weighted by Gasteiger charge is -2.04. The number of nitrogens with one attached hydrogen (secondary N) is 1. The minimum Gasteiger partial charge on any atom is -0.211 e. The first-order chi connectivity index (χ1) is 7.17. The molecule has 1 aromatic carbocycles. The van der Waals surface area contributed by atoms with Gasteiger partial charge in [-0.1, -0.05) is 18.2 Å². The first-order valence-corrected chi connectivity index (χ1v) is 6.07. The van der Waals surface area contributed by atoms with E-state index < -0.39 is 10.0 Å². The summed E-state index contributed by atoms with van der Waals surface area (Å²) in [5, 5.41) is 8.29. The SMILES string of the molecule is N#CCCCNS(=O)(=O)c1ccccc1. The van der Waals surface area contributed by atoms with E-state index in [0.29, 0.717) is 19.4 Å². The highest BCUT2D eigenvalue weighted by atomic mass is 32.2. The van der Waals surface area contributed by atoms with E-state index in [1.165, 1.54) is 12.1 Å². The molecule has 0 bridgehead atoms. The number of unbranched alkanes of at least 4 members (excludes halogenated alkanes) is 1. The van der Waals surface area contributed by atoms with Gasteiger partial charge in [0.05, 0.1) is 11.0 Å². The van der Waals surface area contributed by atoms with Crippen molar-refractivity contribution in [2.24, 2.45) is 0 Å². The Morgan fingerprint density at radius 2 is 1.93 bits per heavy atom. The van der Waals surface area contributed by atoms with Crippen molar-refractivity contribution in [1.82, 2.24) is 4.72 Å². The van der Waals surface area contributed by atoms with Gasteiger partial charge >= 0.3 is 0 Å². The molecule has 0 saturated heterocycles. The van der Waals surface area contributed by atoms with Gasteiger partial charge in [-0.2, -0.15) is 5.26 Å².